The van der Waals surface area contributed by atoms with Gasteiger partial charge in [0.25, 0.3) is 5.91 Å². The average Bonchev–Trinajstić information content (AvgIpc) is 2.55. The van der Waals surface area contributed by atoms with Crippen molar-refractivity contribution in [2.75, 3.05) is 13.7 Å². The van der Waals surface area contributed by atoms with Gasteiger partial charge in [-0.05, 0) is 31.0 Å². The molecule has 1 rings (SSSR count). The Morgan fingerprint density at radius 3 is 2.57 bits per heavy atom. The smallest absolute Gasteiger partial charge is 0.325 e. The van der Waals surface area contributed by atoms with Crippen LogP contribution in [0.4, 0.5) is 0 Å². The Bertz CT molecular complexity index is 617. The maximum absolute atomic E-state index is 11.7. The number of carboxylic acid groups (broad SMARTS) is 1. The zero-order chi connectivity index (χ0) is 17.2. The quantitative estimate of drug-likeness (QED) is 0.372. The van der Waals surface area contributed by atoms with E-state index >= 15 is 0 Å². The molecular formula is C16H19N3O4. The van der Waals surface area contributed by atoms with Gasteiger partial charge in [0.05, 0.1) is 7.11 Å². The van der Waals surface area contributed by atoms with Crippen molar-refractivity contribution in [2.45, 2.75) is 19.4 Å². The molecule has 23 heavy (non-hydrogen) atoms. The fourth-order valence-electron chi connectivity index (χ4n) is 1.67. The van der Waals surface area contributed by atoms with Gasteiger partial charge in [-0.25, -0.2) is 0 Å². The van der Waals surface area contributed by atoms with Crippen LogP contribution in [-0.2, 0) is 16.0 Å². The third kappa shape index (κ3) is 6.09. The molecule has 0 bridgehead atoms. The van der Waals surface area contributed by atoms with Gasteiger partial charge in [0.2, 0.25) is 0 Å². The molecule has 1 atom stereocenters. The molecule has 0 radical (unpaired) electrons. The molecule has 0 aliphatic heterocycles. The summed E-state index contributed by atoms with van der Waals surface area (Å²) in [6.45, 7) is 1.85. The fourth-order valence-corrected chi connectivity index (χ4v) is 1.67. The van der Waals surface area contributed by atoms with Crippen LogP contribution in [0.25, 0.3) is 0 Å². The number of methoxy groups -OCH3 is 1. The largest absolute Gasteiger partial charge is 0.497 e. The first-order chi connectivity index (χ1) is 11.0. The van der Waals surface area contributed by atoms with Crippen molar-refractivity contribution in [3.63, 3.8) is 0 Å². The van der Waals surface area contributed by atoms with Crippen molar-refractivity contribution >= 4 is 11.9 Å². The van der Waals surface area contributed by atoms with Crippen LogP contribution in [0.15, 0.2) is 36.0 Å². The molecule has 122 valence electrons. The minimum Gasteiger partial charge on any atom is -0.497 e. The number of carbonyl (C=O) groups excluding carboxylic acids is 1. The highest BCUT2D eigenvalue weighted by Crippen LogP contribution is 2.11. The minimum atomic E-state index is -1.16. The Kier molecular flexibility index (Phi) is 7.14. The third-order valence-corrected chi connectivity index (χ3v) is 3.05. The number of nitrogens with one attached hydrogen (secondary N) is 2. The van der Waals surface area contributed by atoms with Crippen molar-refractivity contribution in [2.24, 2.45) is 0 Å². The summed E-state index contributed by atoms with van der Waals surface area (Å²) in [6, 6.07) is 8.24. The van der Waals surface area contributed by atoms with Gasteiger partial charge in [-0.2, -0.15) is 5.26 Å². The number of nitriles is 1. The van der Waals surface area contributed by atoms with Crippen LogP contribution in [0.2, 0.25) is 0 Å². The second-order valence-electron chi connectivity index (χ2n) is 4.76. The lowest BCUT2D eigenvalue weighted by Crippen LogP contribution is -2.39. The summed E-state index contributed by atoms with van der Waals surface area (Å²) in [6.07, 6.45) is 1.99. The summed E-state index contributed by atoms with van der Waals surface area (Å²) >= 11 is 0. The first-order valence-corrected chi connectivity index (χ1v) is 6.98. The molecule has 7 heteroatoms. The summed E-state index contributed by atoms with van der Waals surface area (Å²) in [4.78, 5) is 22.4. The Balaban J connectivity index is 2.48. The molecule has 0 aliphatic carbocycles. The number of hydrogen-bond donors (Lipinski definition) is 3. The lowest BCUT2D eigenvalue weighted by molar-refractivity contribution is -0.140. The summed E-state index contributed by atoms with van der Waals surface area (Å²) in [5, 5.41) is 22.8. The number of hydrogen-bond acceptors (Lipinski definition) is 5. The zero-order valence-corrected chi connectivity index (χ0v) is 13.0. The number of carbonyl (C=O) groups is 2. The Morgan fingerprint density at radius 2 is 2.04 bits per heavy atom. The van der Waals surface area contributed by atoms with E-state index in [1.54, 1.807) is 13.2 Å². The normalized spacial score (nSPS) is 12.0. The molecule has 1 unspecified atom stereocenters. The van der Waals surface area contributed by atoms with E-state index in [-0.39, 0.29) is 5.57 Å². The molecule has 0 aromatic heterocycles. The summed E-state index contributed by atoms with van der Waals surface area (Å²) < 4.78 is 5.07. The molecule has 0 spiro atoms. The Morgan fingerprint density at radius 1 is 1.39 bits per heavy atom. The summed E-state index contributed by atoms with van der Waals surface area (Å²) in [5.41, 5.74) is 0.905. The maximum atomic E-state index is 11.7. The SMILES string of the molecule is COc1ccc(CCN/C=C(/C#N)C(=O)NC(C)C(=O)O)cc1. The van der Waals surface area contributed by atoms with Crippen LogP contribution in [0.3, 0.4) is 0 Å². The number of ether oxygens (including phenoxy) is 1. The molecule has 7 nitrogen and oxygen atoms in total. The van der Waals surface area contributed by atoms with Crippen LogP contribution in [-0.4, -0.2) is 36.7 Å². The lowest BCUT2D eigenvalue weighted by Gasteiger charge is -2.08. The van der Waals surface area contributed by atoms with E-state index in [1.807, 2.05) is 24.3 Å². The van der Waals surface area contributed by atoms with Crippen LogP contribution < -0.4 is 15.4 Å². The van der Waals surface area contributed by atoms with Gasteiger partial charge in [0.1, 0.15) is 23.4 Å². The predicted molar refractivity (Wildman–Crippen MR) is 83.6 cm³/mol. The Labute approximate surface area is 134 Å². The van der Waals surface area contributed by atoms with Gasteiger partial charge in [-0.15, -0.1) is 0 Å². The fraction of sp³-hybridized carbons (Fsp3) is 0.312. The van der Waals surface area contributed by atoms with Gasteiger partial charge < -0.3 is 20.5 Å². The zero-order valence-electron chi connectivity index (χ0n) is 13.0. The molecule has 0 aliphatic rings. The van der Waals surface area contributed by atoms with Crippen molar-refractivity contribution in [3.8, 4) is 11.8 Å². The van der Waals surface area contributed by atoms with Gasteiger partial charge in [0.15, 0.2) is 0 Å². The molecule has 1 amide bonds. The highest BCUT2D eigenvalue weighted by Gasteiger charge is 2.16. The molecule has 0 saturated heterocycles. The van der Waals surface area contributed by atoms with E-state index in [2.05, 4.69) is 10.6 Å². The molecule has 0 fully saturated rings. The van der Waals surface area contributed by atoms with Crippen LogP contribution >= 0.6 is 0 Å². The third-order valence-electron chi connectivity index (χ3n) is 3.05. The topological polar surface area (TPSA) is 111 Å². The van der Waals surface area contributed by atoms with Gasteiger partial charge in [-0.1, -0.05) is 12.1 Å². The summed E-state index contributed by atoms with van der Waals surface area (Å²) in [5.74, 6) is -1.11. The van der Waals surface area contributed by atoms with Gasteiger partial charge in [0, 0.05) is 12.7 Å². The van der Waals surface area contributed by atoms with E-state index in [0.717, 1.165) is 11.3 Å². The number of nitrogens with zero attached hydrogens (tertiary/aromatic N) is 1. The molecule has 0 saturated carbocycles. The number of aliphatic carboxylic acids is 1. The lowest BCUT2D eigenvalue weighted by atomic mass is 10.1. The van der Waals surface area contributed by atoms with Crippen molar-refractivity contribution in [1.29, 1.82) is 5.26 Å². The van der Waals surface area contributed by atoms with Gasteiger partial charge >= 0.3 is 5.97 Å². The van der Waals surface area contributed by atoms with E-state index in [4.69, 9.17) is 15.1 Å². The number of amides is 1. The van der Waals surface area contributed by atoms with Crippen LogP contribution in [0, 0.1) is 11.3 Å². The second-order valence-corrected chi connectivity index (χ2v) is 4.76. The molecule has 1 aromatic rings. The number of rotatable bonds is 8. The van der Waals surface area contributed by atoms with Crippen molar-refractivity contribution in [3.05, 3.63) is 41.6 Å². The standard InChI is InChI=1S/C16H19N3O4/c1-11(16(21)22)19-15(20)13(9-17)10-18-8-7-12-3-5-14(23-2)6-4-12/h3-6,10-11,18H,7-8H2,1-2H3,(H,19,20)(H,21,22)/b13-10-. The highest BCUT2D eigenvalue weighted by molar-refractivity contribution is 5.99. The highest BCUT2D eigenvalue weighted by atomic mass is 16.5. The summed E-state index contributed by atoms with van der Waals surface area (Å²) in [7, 11) is 1.60. The van der Waals surface area contributed by atoms with E-state index in [0.29, 0.717) is 13.0 Å². The first kappa shape index (κ1) is 18.0. The van der Waals surface area contributed by atoms with Crippen LogP contribution in [0.5, 0.6) is 5.75 Å². The van der Waals surface area contributed by atoms with E-state index < -0.39 is 17.9 Å². The molecule has 0 heterocycles. The van der Waals surface area contributed by atoms with E-state index in [9.17, 15) is 9.59 Å². The Hall–Kier alpha value is -3.01. The molecular weight excluding hydrogens is 298 g/mol. The van der Waals surface area contributed by atoms with Crippen molar-refractivity contribution in [1.82, 2.24) is 10.6 Å². The number of benzene rings is 1. The van der Waals surface area contributed by atoms with Crippen molar-refractivity contribution < 1.29 is 19.4 Å². The molecule has 3 N–H and O–H groups in total. The van der Waals surface area contributed by atoms with E-state index in [1.165, 1.54) is 13.1 Å². The monoisotopic (exact) mass is 317 g/mol. The molecule has 1 aromatic carbocycles. The van der Waals surface area contributed by atoms with Crippen LogP contribution in [0.1, 0.15) is 12.5 Å². The van der Waals surface area contributed by atoms with Gasteiger partial charge in [-0.3, -0.25) is 9.59 Å². The number of carboxylic acids is 1. The average molecular weight is 317 g/mol. The second kappa shape index (κ2) is 9.10. The first-order valence-electron chi connectivity index (χ1n) is 6.98. The predicted octanol–water partition coefficient (Wildman–Crippen LogP) is 0.824. The maximum Gasteiger partial charge on any atom is 0.325 e. The minimum absolute atomic E-state index is 0.173.